The summed E-state index contributed by atoms with van der Waals surface area (Å²) in [5, 5.41) is 3.71. The molecule has 2 heterocycles. The van der Waals surface area contributed by atoms with E-state index < -0.39 is 0 Å². The third-order valence-corrected chi connectivity index (χ3v) is 4.05. The Morgan fingerprint density at radius 2 is 2.26 bits per heavy atom. The molecule has 1 aromatic rings. The molecular weight excluding hydrogens is 234 g/mol. The number of piperazine rings is 1. The van der Waals surface area contributed by atoms with Gasteiger partial charge in [-0.15, -0.1) is 0 Å². The average Bonchev–Trinajstić information content (AvgIpc) is 2.38. The van der Waals surface area contributed by atoms with Gasteiger partial charge in [0.05, 0.1) is 11.9 Å². The lowest BCUT2D eigenvalue weighted by atomic mass is 9.98. The number of hydrogen-bond donors (Lipinski definition) is 1. The number of pyridine rings is 1. The second-order valence-electron chi connectivity index (χ2n) is 6.11. The van der Waals surface area contributed by atoms with Gasteiger partial charge < -0.3 is 10.2 Å². The second-order valence-corrected chi connectivity index (χ2v) is 6.11. The highest BCUT2D eigenvalue weighted by atomic mass is 15.2. The number of nitrogens with one attached hydrogen (secondary N) is 1. The summed E-state index contributed by atoms with van der Waals surface area (Å²) in [5.41, 5.74) is 2.64. The Morgan fingerprint density at radius 3 is 2.89 bits per heavy atom. The highest BCUT2D eigenvalue weighted by Gasteiger charge is 2.28. The SMILES string of the molecule is CCC1CNC(CC(C)C)CN1c1cnccc1C. The zero-order valence-corrected chi connectivity index (χ0v) is 12.7. The van der Waals surface area contributed by atoms with Crippen LogP contribution in [0, 0.1) is 12.8 Å². The first kappa shape index (κ1) is 14.3. The van der Waals surface area contributed by atoms with E-state index >= 15 is 0 Å². The Balaban J connectivity index is 2.16. The highest BCUT2D eigenvalue weighted by Crippen LogP contribution is 2.25. The molecule has 1 fully saturated rings. The molecule has 0 amide bonds. The van der Waals surface area contributed by atoms with Gasteiger partial charge in [0.25, 0.3) is 0 Å². The molecule has 0 aliphatic carbocycles. The van der Waals surface area contributed by atoms with Gasteiger partial charge in [-0.05, 0) is 37.3 Å². The third kappa shape index (κ3) is 3.47. The maximum absolute atomic E-state index is 4.31. The lowest BCUT2D eigenvalue weighted by Gasteiger charge is -2.42. The lowest BCUT2D eigenvalue weighted by molar-refractivity contribution is 0.343. The van der Waals surface area contributed by atoms with Crippen molar-refractivity contribution in [3.05, 3.63) is 24.0 Å². The molecule has 19 heavy (non-hydrogen) atoms. The zero-order valence-electron chi connectivity index (χ0n) is 12.7. The van der Waals surface area contributed by atoms with Crippen LogP contribution in [0.5, 0.6) is 0 Å². The van der Waals surface area contributed by atoms with Crippen molar-refractivity contribution in [1.82, 2.24) is 10.3 Å². The molecule has 0 spiro atoms. The fourth-order valence-electron chi connectivity index (χ4n) is 3.01. The number of nitrogens with zero attached hydrogens (tertiary/aromatic N) is 2. The van der Waals surface area contributed by atoms with Crippen LogP contribution in [0.1, 0.15) is 39.2 Å². The van der Waals surface area contributed by atoms with E-state index in [1.54, 1.807) is 0 Å². The van der Waals surface area contributed by atoms with Crippen LogP contribution in [0.4, 0.5) is 5.69 Å². The minimum absolute atomic E-state index is 0.589. The Hall–Kier alpha value is -1.09. The summed E-state index contributed by atoms with van der Waals surface area (Å²) in [6.45, 7) is 11.2. The molecule has 3 heteroatoms. The van der Waals surface area contributed by atoms with Crippen LogP contribution in [0.15, 0.2) is 18.5 Å². The topological polar surface area (TPSA) is 28.2 Å². The minimum atomic E-state index is 0.589. The van der Waals surface area contributed by atoms with E-state index in [1.807, 2.05) is 12.4 Å². The Morgan fingerprint density at radius 1 is 1.47 bits per heavy atom. The van der Waals surface area contributed by atoms with Gasteiger partial charge in [-0.2, -0.15) is 0 Å². The first-order valence-corrected chi connectivity index (χ1v) is 7.52. The predicted octanol–water partition coefficient (Wildman–Crippen LogP) is 2.99. The first-order chi connectivity index (χ1) is 9.11. The largest absolute Gasteiger partial charge is 0.364 e. The highest BCUT2D eigenvalue weighted by molar-refractivity contribution is 5.52. The predicted molar refractivity (Wildman–Crippen MR) is 81.6 cm³/mol. The van der Waals surface area contributed by atoms with Crippen LogP contribution < -0.4 is 10.2 Å². The van der Waals surface area contributed by atoms with Crippen LogP contribution in [0.3, 0.4) is 0 Å². The molecule has 0 bridgehead atoms. The standard InChI is InChI=1S/C16H27N3/c1-5-15-9-18-14(8-12(2)3)11-19(15)16-10-17-7-6-13(16)4/h6-7,10,12,14-15,18H,5,8-9,11H2,1-4H3. The van der Waals surface area contributed by atoms with Gasteiger partial charge in [0.2, 0.25) is 0 Å². The molecule has 0 aromatic carbocycles. The molecular formula is C16H27N3. The smallest absolute Gasteiger partial charge is 0.0585 e. The second kappa shape index (κ2) is 6.38. The van der Waals surface area contributed by atoms with Crippen LogP contribution >= 0.6 is 0 Å². The molecule has 106 valence electrons. The number of aryl methyl sites for hydroxylation is 1. The Labute approximate surface area is 117 Å². The van der Waals surface area contributed by atoms with Crippen LogP contribution in [-0.4, -0.2) is 30.2 Å². The molecule has 1 aromatic heterocycles. The van der Waals surface area contributed by atoms with Gasteiger partial charge in [-0.1, -0.05) is 20.8 Å². The van der Waals surface area contributed by atoms with Crippen molar-refractivity contribution in [3.63, 3.8) is 0 Å². The summed E-state index contributed by atoms with van der Waals surface area (Å²) in [6.07, 6.45) is 6.32. The van der Waals surface area contributed by atoms with E-state index in [1.165, 1.54) is 24.1 Å². The average molecular weight is 261 g/mol. The summed E-state index contributed by atoms with van der Waals surface area (Å²) in [4.78, 5) is 6.87. The molecule has 3 nitrogen and oxygen atoms in total. The molecule has 1 aliphatic rings. The minimum Gasteiger partial charge on any atom is -0.364 e. The summed E-state index contributed by atoms with van der Waals surface area (Å²) >= 11 is 0. The van der Waals surface area contributed by atoms with Crippen molar-refractivity contribution in [2.24, 2.45) is 5.92 Å². The van der Waals surface area contributed by atoms with Crippen molar-refractivity contribution >= 4 is 5.69 Å². The number of aromatic nitrogens is 1. The van der Waals surface area contributed by atoms with Crippen LogP contribution in [0.2, 0.25) is 0 Å². The van der Waals surface area contributed by atoms with Gasteiger partial charge in [0, 0.05) is 31.4 Å². The quantitative estimate of drug-likeness (QED) is 0.903. The van der Waals surface area contributed by atoms with Gasteiger partial charge in [-0.25, -0.2) is 0 Å². The normalized spacial score (nSPS) is 23.9. The summed E-state index contributed by atoms with van der Waals surface area (Å²) in [7, 11) is 0. The molecule has 2 unspecified atom stereocenters. The van der Waals surface area contributed by atoms with Crippen molar-refractivity contribution in [2.45, 2.75) is 52.6 Å². The van der Waals surface area contributed by atoms with Crippen molar-refractivity contribution in [3.8, 4) is 0 Å². The van der Waals surface area contributed by atoms with E-state index in [-0.39, 0.29) is 0 Å². The van der Waals surface area contributed by atoms with Crippen molar-refractivity contribution < 1.29 is 0 Å². The van der Waals surface area contributed by atoms with E-state index in [9.17, 15) is 0 Å². The summed E-state index contributed by atoms with van der Waals surface area (Å²) < 4.78 is 0. The fourth-order valence-corrected chi connectivity index (χ4v) is 3.01. The van der Waals surface area contributed by atoms with Gasteiger partial charge in [0.1, 0.15) is 0 Å². The maximum atomic E-state index is 4.31. The monoisotopic (exact) mass is 261 g/mol. The van der Waals surface area contributed by atoms with E-state index in [4.69, 9.17) is 0 Å². The van der Waals surface area contributed by atoms with E-state index in [0.29, 0.717) is 12.1 Å². The van der Waals surface area contributed by atoms with Crippen molar-refractivity contribution in [1.29, 1.82) is 0 Å². The molecule has 2 atom stereocenters. The van der Waals surface area contributed by atoms with Gasteiger partial charge >= 0.3 is 0 Å². The number of anilines is 1. The fraction of sp³-hybridized carbons (Fsp3) is 0.688. The molecule has 1 saturated heterocycles. The van der Waals surface area contributed by atoms with Crippen LogP contribution in [-0.2, 0) is 0 Å². The Bertz CT molecular complexity index is 403. The molecule has 1 N–H and O–H groups in total. The molecule has 0 radical (unpaired) electrons. The van der Waals surface area contributed by atoms with E-state index in [0.717, 1.165) is 19.0 Å². The maximum Gasteiger partial charge on any atom is 0.0585 e. The molecule has 0 saturated carbocycles. The van der Waals surface area contributed by atoms with Crippen molar-refractivity contribution in [2.75, 3.05) is 18.0 Å². The van der Waals surface area contributed by atoms with E-state index in [2.05, 4.69) is 49.0 Å². The first-order valence-electron chi connectivity index (χ1n) is 7.52. The number of hydrogen-bond acceptors (Lipinski definition) is 3. The summed E-state index contributed by atoms with van der Waals surface area (Å²) in [6, 6.07) is 3.30. The van der Waals surface area contributed by atoms with Crippen LogP contribution in [0.25, 0.3) is 0 Å². The van der Waals surface area contributed by atoms with Gasteiger partial charge in [-0.3, -0.25) is 4.98 Å². The zero-order chi connectivity index (χ0) is 13.8. The van der Waals surface area contributed by atoms with Gasteiger partial charge in [0.15, 0.2) is 0 Å². The lowest BCUT2D eigenvalue weighted by Crippen LogP contribution is -2.57. The third-order valence-electron chi connectivity index (χ3n) is 4.05. The molecule has 1 aliphatic heterocycles. The Kier molecular flexibility index (Phi) is 4.81. The summed E-state index contributed by atoms with van der Waals surface area (Å²) in [5.74, 6) is 0.743. The molecule has 2 rings (SSSR count). The number of rotatable bonds is 4.